The topological polar surface area (TPSA) is 49.9 Å². The summed E-state index contributed by atoms with van der Waals surface area (Å²) in [5.74, 6) is 0.101. The predicted octanol–water partition coefficient (Wildman–Crippen LogP) is 3.53. The molecule has 24 heavy (non-hydrogen) atoms. The maximum atomic E-state index is 13.8. The zero-order chi connectivity index (χ0) is 16.8. The summed E-state index contributed by atoms with van der Waals surface area (Å²) in [6.45, 7) is 0. The Morgan fingerprint density at radius 2 is 1.42 bits per heavy atom. The molecule has 1 heterocycles. The highest BCUT2D eigenvalue weighted by molar-refractivity contribution is 7.78. The van der Waals surface area contributed by atoms with E-state index in [1.54, 1.807) is 6.20 Å². The molecule has 1 aromatic heterocycles. The highest BCUT2D eigenvalue weighted by Gasteiger charge is 2.27. The second-order valence-electron chi connectivity index (χ2n) is 5.80. The van der Waals surface area contributed by atoms with Gasteiger partial charge in [-0.25, -0.2) is 0 Å². The zero-order valence-corrected chi connectivity index (χ0v) is 14.3. The highest BCUT2D eigenvalue weighted by Crippen LogP contribution is 2.43. The van der Waals surface area contributed by atoms with E-state index in [0.29, 0.717) is 19.0 Å². The van der Waals surface area contributed by atoms with Crippen molar-refractivity contribution in [3.05, 3.63) is 84.7 Å². The van der Waals surface area contributed by atoms with Crippen LogP contribution in [-0.4, -0.2) is 16.9 Å². The molecule has 0 fully saturated rings. The van der Waals surface area contributed by atoms with Crippen LogP contribution in [0.25, 0.3) is 0 Å². The Labute approximate surface area is 142 Å². The largest absolute Gasteiger partial charge is 0.365 e. The molecule has 4 heteroatoms. The number of Topliss-reactive ketones (excluding diaryl/α,β-unsaturated/α-hetero) is 1. The molecule has 2 aromatic carbocycles. The van der Waals surface area contributed by atoms with Crippen molar-refractivity contribution in [2.45, 2.75) is 12.8 Å². The summed E-state index contributed by atoms with van der Waals surface area (Å²) < 4.78 is 13.8. The number of aromatic nitrogens is 1. The molecule has 0 saturated heterocycles. The van der Waals surface area contributed by atoms with Gasteiger partial charge in [-0.1, -0.05) is 60.7 Å². The lowest BCUT2D eigenvalue weighted by Crippen LogP contribution is -2.20. The smallest absolute Gasteiger partial charge is 0.143 e. The van der Waals surface area contributed by atoms with Gasteiger partial charge in [0.1, 0.15) is 12.9 Å². The zero-order valence-electron chi connectivity index (χ0n) is 13.4. The summed E-state index contributed by atoms with van der Waals surface area (Å²) in [6.07, 6.45) is 2.83. The molecule has 0 radical (unpaired) electrons. The number of H-pyrrole nitrogens is 1. The average molecular weight is 337 g/mol. The summed E-state index contributed by atoms with van der Waals surface area (Å²) in [4.78, 5) is 15.3. The fraction of sp³-hybridized carbons (Fsp3) is 0.150. The first-order valence-electron chi connectivity index (χ1n) is 8.03. The Bertz CT molecular complexity index is 783. The van der Waals surface area contributed by atoms with Crippen LogP contribution in [0.4, 0.5) is 0 Å². The molecule has 0 amide bonds. The summed E-state index contributed by atoms with van der Waals surface area (Å²) in [7, 11) is -2.80. The minimum absolute atomic E-state index is 0.101. The third-order valence-corrected chi connectivity index (χ3v) is 7.22. The molecular weight excluding hydrogens is 317 g/mol. The maximum absolute atomic E-state index is 13.8. The molecule has 0 aliphatic rings. The molecule has 0 bridgehead atoms. The Kier molecular flexibility index (Phi) is 5.12. The third kappa shape index (κ3) is 3.74. The molecule has 0 aliphatic carbocycles. The van der Waals surface area contributed by atoms with Gasteiger partial charge in [0.25, 0.3) is 0 Å². The van der Waals surface area contributed by atoms with Crippen LogP contribution < -0.4 is 10.6 Å². The molecular formula is C20H20NO2P. The van der Waals surface area contributed by atoms with Gasteiger partial charge in [0.2, 0.25) is 0 Å². The van der Waals surface area contributed by atoms with Crippen molar-refractivity contribution >= 4 is 23.5 Å². The van der Waals surface area contributed by atoms with Crippen molar-refractivity contribution in [2.75, 3.05) is 6.16 Å². The second-order valence-corrected chi connectivity index (χ2v) is 8.75. The Morgan fingerprint density at radius 3 is 1.92 bits per heavy atom. The van der Waals surface area contributed by atoms with E-state index in [1.807, 2.05) is 72.8 Å². The van der Waals surface area contributed by atoms with E-state index in [0.717, 1.165) is 16.3 Å². The Balaban J connectivity index is 1.81. The van der Waals surface area contributed by atoms with Gasteiger partial charge in [0.05, 0.1) is 0 Å². The first kappa shape index (κ1) is 16.5. The third-order valence-electron chi connectivity index (χ3n) is 4.10. The van der Waals surface area contributed by atoms with Gasteiger partial charge in [0, 0.05) is 41.5 Å². The number of ketones is 1. The van der Waals surface area contributed by atoms with E-state index in [2.05, 4.69) is 4.98 Å². The van der Waals surface area contributed by atoms with Gasteiger partial charge in [0.15, 0.2) is 0 Å². The molecule has 1 N–H and O–H groups in total. The van der Waals surface area contributed by atoms with E-state index < -0.39 is 7.14 Å². The predicted molar refractivity (Wildman–Crippen MR) is 98.7 cm³/mol. The van der Waals surface area contributed by atoms with E-state index in [9.17, 15) is 9.36 Å². The SMILES string of the molecule is O=C(CCP(=O)(c1ccccc1)c1ccccc1)Cc1ccc[nH]1. The maximum Gasteiger partial charge on any atom is 0.143 e. The van der Waals surface area contributed by atoms with Crippen LogP contribution in [0.1, 0.15) is 12.1 Å². The number of carbonyl (C=O) groups is 1. The van der Waals surface area contributed by atoms with Crippen molar-refractivity contribution in [2.24, 2.45) is 0 Å². The van der Waals surface area contributed by atoms with Gasteiger partial charge >= 0.3 is 0 Å². The van der Waals surface area contributed by atoms with Crippen molar-refractivity contribution in [1.29, 1.82) is 0 Å². The number of hydrogen-bond donors (Lipinski definition) is 1. The van der Waals surface area contributed by atoms with Crippen LogP contribution >= 0.6 is 7.14 Å². The molecule has 0 spiro atoms. The lowest BCUT2D eigenvalue weighted by atomic mass is 10.2. The molecule has 0 atom stereocenters. The van der Waals surface area contributed by atoms with E-state index in [1.165, 1.54) is 0 Å². The average Bonchev–Trinajstić information content (AvgIpc) is 3.14. The van der Waals surface area contributed by atoms with E-state index >= 15 is 0 Å². The standard InChI is InChI=1S/C20H20NO2P/c22-18(16-17-8-7-14-21-17)13-15-24(23,19-9-3-1-4-10-19)20-11-5-2-6-12-20/h1-12,14,21H,13,15-16H2. The summed E-state index contributed by atoms with van der Waals surface area (Å²) >= 11 is 0. The molecule has 3 nitrogen and oxygen atoms in total. The minimum atomic E-state index is -2.80. The lowest BCUT2D eigenvalue weighted by Gasteiger charge is -2.19. The monoisotopic (exact) mass is 337 g/mol. The summed E-state index contributed by atoms with van der Waals surface area (Å²) in [5.41, 5.74) is 0.897. The van der Waals surface area contributed by atoms with Crippen LogP contribution in [0.2, 0.25) is 0 Å². The number of aromatic amines is 1. The molecule has 122 valence electrons. The number of hydrogen-bond acceptors (Lipinski definition) is 2. The molecule has 0 saturated carbocycles. The van der Waals surface area contributed by atoms with Crippen molar-refractivity contribution < 1.29 is 9.36 Å². The lowest BCUT2D eigenvalue weighted by molar-refractivity contribution is -0.118. The van der Waals surface area contributed by atoms with Gasteiger partial charge in [-0.2, -0.15) is 0 Å². The van der Waals surface area contributed by atoms with Crippen LogP contribution in [-0.2, 0) is 15.8 Å². The van der Waals surface area contributed by atoms with Gasteiger partial charge in [-0.15, -0.1) is 0 Å². The Morgan fingerprint density at radius 1 is 0.833 bits per heavy atom. The minimum Gasteiger partial charge on any atom is -0.365 e. The molecule has 0 aliphatic heterocycles. The van der Waals surface area contributed by atoms with Crippen LogP contribution in [0, 0.1) is 0 Å². The molecule has 3 aromatic rings. The summed E-state index contributed by atoms with van der Waals surface area (Å²) in [6, 6.07) is 22.7. The second kappa shape index (κ2) is 7.46. The van der Waals surface area contributed by atoms with Crippen molar-refractivity contribution in [3.63, 3.8) is 0 Å². The van der Waals surface area contributed by atoms with Crippen LogP contribution in [0.15, 0.2) is 79.0 Å². The fourth-order valence-electron chi connectivity index (χ4n) is 2.81. The van der Waals surface area contributed by atoms with Gasteiger partial charge < -0.3 is 9.55 Å². The fourth-order valence-corrected chi connectivity index (χ4v) is 5.49. The quantitative estimate of drug-likeness (QED) is 0.671. The summed E-state index contributed by atoms with van der Waals surface area (Å²) in [5, 5.41) is 1.62. The molecule has 3 rings (SSSR count). The van der Waals surface area contributed by atoms with Crippen molar-refractivity contribution in [1.82, 2.24) is 4.98 Å². The van der Waals surface area contributed by atoms with Crippen LogP contribution in [0.5, 0.6) is 0 Å². The first-order valence-corrected chi connectivity index (χ1v) is 9.92. The number of carbonyl (C=O) groups excluding carboxylic acids is 1. The van der Waals surface area contributed by atoms with Gasteiger partial charge in [-0.05, 0) is 12.1 Å². The van der Waals surface area contributed by atoms with Crippen molar-refractivity contribution in [3.8, 4) is 0 Å². The molecule has 0 unspecified atom stereocenters. The van der Waals surface area contributed by atoms with E-state index in [4.69, 9.17) is 0 Å². The first-order chi connectivity index (χ1) is 11.7. The van der Waals surface area contributed by atoms with Crippen LogP contribution in [0.3, 0.4) is 0 Å². The number of nitrogens with one attached hydrogen (secondary N) is 1. The normalized spacial score (nSPS) is 11.3. The number of rotatable bonds is 7. The highest BCUT2D eigenvalue weighted by atomic mass is 31.2. The van der Waals surface area contributed by atoms with E-state index in [-0.39, 0.29) is 5.78 Å². The number of benzene rings is 2. The van der Waals surface area contributed by atoms with Gasteiger partial charge in [-0.3, -0.25) is 4.79 Å². The Hall–Kier alpha value is -2.38.